The van der Waals surface area contributed by atoms with Crippen molar-refractivity contribution in [3.05, 3.63) is 48.0 Å². The van der Waals surface area contributed by atoms with Crippen LogP contribution < -0.4 is 4.74 Å². The number of nitrogens with zero attached hydrogens (tertiary/aromatic N) is 3. The average molecular weight is 327 g/mol. The van der Waals surface area contributed by atoms with Gasteiger partial charge in [-0.15, -0.1) is 0 Å². The molecular weight excluding hydrogens is 312 g/mol. The molecule has 3 aromatic rings. The first-order valence-electron chi connectivity index (χ1n) is 7.50. The van der Waals surface area contributed by atoms with E-state index in [9.17, 15) is 8.78 Å². The van der Waals surface area contributed by atoms with Crippen molar-refractivity contribution in [1.29, 1.82) is 5.26 Å². The first-order valence-corrected chi connectivity index (χ1v) is 7.50. The highest BCUT2D eigenvalue weighted by Gasteiger charge is 2.15. The maximum absolute atomic E-state index is 13.6. The number of fused-ring (bicyclic) bond motifs is 1. The van der Waals surface area contributed by atoms with E-state index in [1.54, 1.807) is 19.2 Å². The zero-order chi connectivity index (χ0) is 17.1. The molecular formula is C18H15F2N3O. The average Bonchev–Trinajstić information content (AvgIpc) is 2.93. The van der Waals surface area contributed by atoms with Crippen LogP contribution in [0, 0.1) is 23.0 Å². The van der Waals surface area contributed by atoms with Crippen molar-refractivity contribution < 1.29 is 13.5 Å². The molecule has 0 saturated carbocycles. The molecule has 0 radical (unpaired) electrons. The molecule has 1 aromatic heterocycles. The van der Waals surface area contributed by atoms with Crippen LogP contribution in [-0.2, 0) is 6.54 Å². The zero-order valence-corrected chi connectivity index (χ0v) is 13.1. The lowest BCUT2D eigenvalue weighted by Gasteiger charge is -2.09. The van der Waals surface area contributed by atoms with Gasteiger partial charge in [-0.1, -0.05) is 0 Å². The molecule has 0 aliphatic rings. The normalized spacial score (nSPS) is 10.8. The van der Waals surface area contributed by atoms with E-state index in [0.717, 1.165) is 17.7 Å². The van der Waals surface area contributed by atoms with E-state index < -0.39 is 11.6 Å². The van der Waals surface area contributed by atoms with Crippen molar-refractivity contribution in [2.75, 3.05) is 7.11 Å². The van der Waals surface area contributed by atoms with Gasteiger partial charge < -0.3 is 9.30 Å². The third-order valence-electron chi connectivity index (χ3n) is 3.81. The second-order valence-electron chi connectivity index (χ2n) is 5.33. The van der Waals surface area contributed by atoms with Crippen LogP contribution in [0.25, 0.3) is 22.4 Å². The summed E-state index contributed by atoms with van der Waals surface area (Å²) in [6.07, 6.45) is 0.982. The Hall–Kier alpha value is -2.94. The van der Waals surface area contributed by atoms with Crippen LogP contribution in [0.3, 0.4) is 0 Å². The molecule has 0 saturated heterocycles. The summed E-state index contributed by atoms with van der Waals surface area (Å²) >= 11 is 0. The third-order valence-corrected chi connectivity index (χ3v) is 3.81. The number of ether oxygens (including phenoxy) is 1. The molecule has 0 spiro atoms. The van der Waals surface area contributed by atoms with Gasteiger partial charge in [0.15, 0.2) is 11.6 Å². The van der Waals surface area contributed by atoms with E-state index in [0.29, 0.717) is 42.0 Å². The van der Waals surface area contributed by atoms with E-state index in [1.165, 1.54) is 0 Å². The number of hydrogen-bond donors (Lipinski definition) is 0. The number of hydrogen-bond acceptors (Lipinski definition) is 3. The molecule has 0 atom stereocenters. The minimum absolute atomic E-state index is 0.380. The van der Waals surface area contributed by atoms with Crippen LogP contribution in [0.15, 0.2) is 36.4 Å². The highest BCUT2D eigenvalue weighted by atomic mass is 19.2. The number of imidazole rings is 1. The summed E-state index contributed by atoms with van der Waals surface area (Å²) < 4.78 is 34.1. The summed E-state index contributed by atoms with van der Waals surface area (Å²) in [4.78, 5) is 4.45. The van der Waals surface area contributed by atoms with Gasteiger partial charge in [0.05, 0.1) is 24.2 Å². The maximum Gasteiger partial charge on any atom is 0.161 e. The molecule has 0 bridgehead atoms. The quantitative estimate of drug-likeness (QED) is 0.657. The number of methoxy groups -OCH3 is 1. The van der Waals surface area contributed by atoms with Gasteiger partial charge in [-0.05, 0) is 30.7 Å². The van der Waals surface area contributed by atoms with Gasteiger partial charge in [0.2, 0.25) is 0 Å². The first kappa shape index (κ1) is 15.9. The molecule has 3 rings (SSSR count). The Bertz CT molecular complexity index is 911. The van der Waals surface area contributed by atoms with Gasteiger partial charge in [0, 0.05) is 30.7 Å². The lowest BCUT2D eigenvalue weighted by molar-refractivity contribution is 0.415. The summed E-state index contributed by atoms with van der Waals surface area (Å²) in [6, 6.07) is 11.6. The minimum Gasteiger partial charge on any atom is -0.497 e. The van der Waals surface area contributed by atoms with E-state index in [1.807, 2.05) is 16.7 Å². The number of unbranched alkanes of at least 4 members (excludes halogenated alkanes) is 1. The lowest BCUT2D eigenvalue weighted by atomic mass is 10.2. The Kier molecular flexibility index (Phi) is 4.43. The Morgan fingerprint density at radius 2 is 1.88 bits per heavy atom. The summed E-state index contributed by atoms with van der Waals surface area (Å²) in [7, 11) is 1.58. The highest BCUT2D eigenvalue weighted by Crippen LogP contribution is 2.28. The molecule has 4 nitrogen and oxygen atoms in total. The molecule has 6 heteroatoms. The molecule has 122 valence electrons. The van der Waals surface area contributed by atoms with E-state index in [-0.39, 0.29) is 0 Å². The van der Waals surface area contributed by atoms with Crippen LogP contribution in [0.4, 0.5) is 8.78 Å². The van der Waals surface area contributed by atoms with Crippen LogP contribution in [0.1, 0.15) is 12.8 Å². The summed E-state index contributed by atoms with van der Waals surface area (Å²) in [6.45, 7) is 0.497. The molecule has 2 aromatic carbocycles. The summed E-state index contributed by atoms with van der Waals surface area (Å²) in [5, 5.41) is 8.73. The molecule has 0 unspecified atom stereocenters. The Morgan fingerprint density at radius 3 is 2.54 bits per heavy atom. The Labute approximate surface area is 137 Å². The monoisotopic (exact) mass is 327 g/mol. The fourth-order valence-electron chi connectivity index (χ4n) is 2.62. The second-order valence-corrected chi connectivity index (χ2v) is 5.33. The predicted octanol–water partition coefficient (Wildman–Crippen LogP) is 4.29. The predicted molar refractivity (Wildman–Crippen MR) is 86.5 cm³/mol. The van der Waals surface area contributed by atoms with E-state index in [2.05, 4.69) is 11.1 Å². The minimum atomic E-state index is -0.926. The third kappa shape index (κ3) is 2.93. The number of aryl methyl sites for hydroxylation is 1. The van der Waals surface area contributed by atoms with Crippen LogP contribution in [-0.4, -0.2) is 16.7 Å². The SMILES string of the molecule is COc1ccc(-c2nc3cc(F)c(F)cc3n2CCCC#N)cc1. The van der Waals surface area contributed by atoms with Crippen molar-refractivity contribution in [1.82, 2.24) is 9.55 Å². The molecule has 0 amide bonds. The van der Waals surface area contributed by atoms with Crippen LogP contribution >= 0.6 is 0 Å². The maximum atomic E-state index is 13.6. The van der Waals surface area contributed by atoms with Gasteiger partial charge >= 0.3 is 0 Å². The molecule has 0 aliphatic heterocycles. The highest BCUT2D eigenvalue weighted by molar-refractivity contribution is 5.81. The van der Waals surface area contributed by atoms with Crippen molar-refractivity contribution >= 4 is 11.0 Å². The molecule has 1 heterocycles. The fraction of sp³-hybridized carbons (Fsp3) is 0.222. The van der Waals surface area contributed by atoms with Crippen LogP contribution in [0.5, 0.6) is 5.75 Å². The second kappa shape index (κ2) is 6.67. The van der Waals surface area contributed by atoms with Crippen molar-refractivity contribution in [2.45, 2.75) is 19.4 Å². The van der Waals surface area contributed by atoms with E-state index >= 15 is 0 Å². The standard InChI is InChI=1S/C18H15F2N3O/c1-24-13-6-4-12(5-7-13)18-22-16-10-14(19)15(20)11-17(16)23(18)9-3-2-8-21/h4-7,10-11H,2-3,9H2,1H3. The van der Waals surface area contributed by atoms with Crippen molar-refractivity contribution in [3.8, 4) is 23.2 Å². The molecule has 0 fully saturated rings. The molecule has 0 aliphatic carbocycles. The number of halogens is 2. The van der Waals surface area contributed by atoms with Crippen LogP contribution in [0.2, 0.25) is 0 Å². The largest absolute Gasteiger partial charge is 0.497 e. The number of benzene rings is 2. The van der Waals surface area contributed by atoms with Gasteiger partial charge in [0.1, 0.15) is 11.6 Å². The Balaban J connectivity index is 2.13. The molecule has 24 heavy (non-hydrogen) atoms. The summed E-state index contributed by atoms with van der Waals surface area (Å²) in [5.74, 6) is -0.519. The van der Waals surface area contributed by atoms with Crippen molar-refractivity contribution in [3.63, 3.8) is 0 Å². The van der Waals surface area contributed by atoms with Gasteiger partial charge in [-0.3, -0.25) is 0 Å². The molecule has 0 N–H and O–H groups in total. The fourth-order valence-corrected chi connectivity index (χ4v) is 2.62. The summed E-state index contributed by atoms with van der Waals surface area (Å²) in [5.41, 5.74) is 1.71. The number of nitriles is 1. The lowest BCUT2D eigenvalue weighted by Crippen LogP contribution is -2.01. The Morgan fingerprint density at radius 1 is 1.17 bits per heavy atom. The number of aromatic nitrogens is 2. The van der Waals surface area contributed by atoms with Crippen molar-refractivity contribution in [2.24, 2.45) is 0 Å². The first-order chi connectivity index (χ1) is 11.6. The van der Waals surface area contributed by atoms with Gasteiger partial charge in [0.25, 0.3) is 0 Å². The van der Waals surface area contributed by atoms with Gasteiger partial charge in [-0.2, -0.15) is 5.26 Å². The smallest absolute Gasteiger partial charge is 0.161 e. The van der Waals surface area contributed by atoms with Gasteiger partial charge in [-0.25, -0.2) is 13.8 Å². The van der Waals surface area contributed by atoms with E-state index in [4.69, 9.17) is 10.00 Å². The zero-order valence-electron chi connectivity index (χ0n) is 13.1. The topological polar surface area (TPSA) is 50.8 Å². The number of rotatable bonds is 5.